The summed E-state index contributed by atoms with van der Waals surface area (Å²) >= 11 is 0. The van der Waals surface area contributed by atoms with Crippen molar-refractivity contribution in [3.8, 4) is 5.75 Å². The van der Waals surface area contributed by atoms with Gasteiger partial charge in [0, 0.05) is 0 Å². The maximum Gasteiger partial charge on any atom is 0.308 e. The van der Waals surface area contributed by atoms with Gasteiger partial charge in [-0.15, -0.1) is 0 Å². The fourth-order valence-electron chi connectivity index (χ4n) is 3.02. The van der Waals surface area contributed by atoms with Crippen LogP contribution in [0.25, 0.3) is 0 Å². The SMILES string of the molecule is CCCOc1ccc(CCC2CC2C(=O)OC)cc1C(C)(C)C. The third-order valence-electron chi connectivity index (χ3n) is 4.54. The standard InChI is InChI=1S/C20H30O3/c1-6-11-23-18-10-8-14(12-17(18)20(2,3)4)7-9-15-13-16(15)19(21)22-5/h8,10,12,15-16H,6-7,9,11,13H2,1-5H3. The van der Waals surface area contributed by atoms with Gasteiger partial charge in [-0.3, -0.25) is 4.79 Å². The number of hydrogen-bond donors (Lipinski definition) is 0. The van der Waals surface area contributed by atoms with E-state index < -0.39 is 0 Å². The van der Waals surface area contributed by atoms with Crippen LogP contribution in [0.4, 0.5) is 0 Å². The van der Waals surface area contributed by atoms with Crippen LogP contribution in [0.15, 0.2) is 18.2 Å². The van der Waals surface area contributed by atoms with Gasteiger partial charge in [0.15, 0.2) is 0 Å². The third kappa shape index (κ3) is 4.73. The van der Waals surface area contributed by atoms with Crippen molar-refractivity contribution >= 4 is 5.97 Å². The highest BCUT2D eigenvalue weighted by Gasteiger charge is 2.43. The van der Waals surface area contributed by atoms with E-state index in [-0.39, 0.29) is 17.3 Å². The molecule has 2 rings (SSSR count). The van der Waals surface area contributed by atoms with Crippen molar-refractivity contribution in [3.63, 3.8) is 0 Å². The lowest BCUT2D eigenvalue weighted by Gasteiger charge is -2.24. The fraction of sp³-hybridized carbons (Fsp3) is 0.650. The Balaban J connectivity index is 2.01. The van der Waals surface area contributed by atoms with Crippen molar-refractivity contribution in [1.82, 2.24) is 0 Å². The van der Waals surface area contributed by atoms with E-state index in [0.717, 1.165) is 38.0 Å². The highest BCUT2D eigenvalue weighted by atomic mass is 16.5. The molecular weight excluding hydrogens is 288 g/mol. The summed E-state index contributed by atoms with van der Waals surface area (Å²) in [5.74, 6) is 1.58. The van der Waals surface area contributed by atoms with E-state index in [4.69, 9.17) is 9.47 Å². The zero-order chi connectivity index (χ0) is 17.0. The summed E-state index contributed by atoms with van der Waals surface area (Å²) in [5, 5.41) is 0. The molecule has 0 spiro atoms. The van der Waals surface area contributed by atoms with Crippen LogP contribution in [-0.2, 0) is 21.4 Å². The van der Waals surface area contributed by atoms with Gasteiger partial charge in [-0.1, -0.05) is 39.8 Å². The van der Waals surface area contributed by atoms with Crippen LogP contribution in [0.1, 0.15) is 58.1 Å². The summed E-state index contributed by atoms with van der Waals surface area (Å²) in [6.45, 7) is 9.54. The zero-order valence-electron chi connectivity index (χ0n) is 15.1. The van der Waals surface area contributed by atoms with Crippen molar-refractivity contribution in [2.75, 3.05) is 13.7 Å². The summed E-state index contributed by atoms with van der Waals surface area (Å²) in [4.78, 5) is 11.5. The van der Waals surface area contributed by atoms with Crippen LogP contribution in [-0.4, -0.2) is 19.7 Å². The molecule has 0 radical (unpaired) electrons. The quantitative estimate of drug-likeness (QED) is 0.694. The lowest BCUT2D eigenvalue weighted by Crippen LogP contribution is -2.14. The van der Waals surface area contributed by atoms with Crippen LogP contribution < -0.4 is 4.74 Å². The molecule has 2 unspecified atom stereocenters. The van der Waals surface area contributed by atoms with Gasteiger partial charge >= 0.3 is 5.97 Å². The van der Waals surface area contributed by atoms with Crippen LogP contribution in [0.5, 0.6) is 5.75 Å². The Hall–Kier alpha value is -1.51. The summed E-state index contributed by atoms with van der Waals surface area (Å²) in [6, 6.07) is 6.55. The molecule has 1 saturated carbocycles. The van der Waals surface area contributed by atoms with Gasteiger partial charge in [0.1, 0.15) is 5.75 Å². The summed E-state index contributed by atoms with van der Waals surface area (Å²) in [5.41, 5.74) is 2.66. The second kappa shape index (κ2) is 7.37. The number of aryl methyl sites for hydroxylation is 1. The largest absolute Gasteiger partial charge is 0.493 e. The van der Waals surface area contributed by atoms with E-state index in [1.54, 1.807) is 0 Å². The molecule has 0 N–H and O–H groups in total. The highest BCUT2D eigenvalue weighted by Crippen LogP contribution is 2.43. The monoisotopic (exact) mass is 318 g/mol. The second-order valence-electron chi connectivity index (χ2n) is 7.59. The zero-order valence-corrected chi connectivity index (χ0v) is 15.1. The first-order valence-electron chi connectivity index (χ1n) is 8.70. The molecule has 1 aromatic carbocycles. The lowest BCUT2D eigenvalue weighted by atomic mass is 9.85. The summed E-state index contributed by atoms with van der Waals surface area (Å²) in [7, 11) is 1.47. The second-order valence-corrected chi connectivity index (χ2v) is 7.59. The number of methoxy groups -OCH3 is 1. The molecule has 3 heteroatoms. The molecule has 1 aromatic rings. The van der Waals surface area contributed by atoms with E-state index in [9.17, 15) is 4.79 Å². The number of carbonyl (C=O) groups is 1. The Labute approximate surface area is 140 Å². The number of benzene rings is 1. The molecule has 0 heterocycles. The summed E-state index contributed by atoms with van der Waals surface area (Å²) in [6.07, 6.45) is 4.06. The van der Waals surface area contributed by atoms with E-state index in [2.05, 4.69) is 45.9 Å². The van der Waals surface area contributed by atoms with Crippen LogP contribution >= 0.6 is 0 Å². The van der Waals surface area contributed by atoms with Gasteiger partial charge in [-0.2, -0.15) is 0 Å². The number of hydrogen-bond acceptors (Lipinski definition) is 3. The lowest BCUT2D eigenvalue weighted by molar-refractivity contribution is -0.142. The smallest absolute Gasteiger partial charge is 0.308 e. The highest BCUT2D eigenvalue weighted by molar-refractivity contribution is 5.75. The number of esters is 1. The normalized spacial score (nSPS) is 20.2. The number of ether oxygens (including phenoxy) is 2. The number of rotatable bonds is 7. The van der Waals surface area contributed by atoms with Crippen LogP contribution in [0.2, 0.25) is 0 Å². The first kappa shape index (κ1) is 17.8. The predicted molar refractivity (Wildman–Crippen MR) is 92.9 cm³/mol. The van der Waals surface area contributed by atoms with E-state index in [0.29, 0.717) is 5.92 Å². The predicted octanol–water partition coefficient (Wildman–Crippen LogP) is 4.51. The van der Waals surface area contributed by atoms with Gasteiger partial charge in [0.2, 0.25) is 0 Å². The summed E-state index contributed by atoms with van der Waals surface area (Å²) < 4.78 is 10.7. The maximum absolute atomic E-state index is 11.5. The molecule has 0 saturated heterocycles. The molecule has 2 atom stereocenters. The van der Waals surface area contributed by atoms with Gasteiger partial charge in [0.25, 0.3) is 0 Å². The minimum atomic E-state index is -0.0475. The molecule has 0 amide bonds. The van der Waals surface area contributed by atoms with Crippen LogP contribution in [0, 0.1) is 11.8 Å². The molecule has 1 aliphatic rings. The Morgan fingerprint density at radius 3 is 2.65 bits per heavy atom. The first-order chi connectivity index (χ1) is 10.9. The molecular formula is C20H30O3. The Morgan fingerprint density at radius 2 is 2.04 bits per heavy atom. The Bertz CT molecular complexity index is 542. The van der Waals surface area contributed by atoms with Gasteiger partial charge in [0.05, 0.1) is 19.6 Å². The topological polar surface area (TPSA) is 35.5 Å². The van der Waals surface area contributed by atoms with E-state index in [1.165, 1.54) is 18.2 Å². The van der Waals surface area contributed by atoms with Gasteiger partial charge < -0.3 is 9.47 Å². The van der Waals surface area contributed by atoms with Crippen molar-refractivity contribution in [2.45, 2.75) is 58.8 Å². The maximum atomic E-state index is 11.5. The molecule has 128 valence electrons. The molecule has 0 aromatic heterocycles. The Morgan fingerprint density at radius 1 is 1.30 bits per heavy atom. The van der Waals surface area contributed by atoms with Crippen molar-refractivity contribution in [2.24, 2.45) is 11.8 Å². The Kier molecular flexibility index (Phi) is 5.72. The van der Waals surface area contributed by atoms with Crippen molar-refractivity contribution in [1.29, 1.82) is 0 Å². The minimum absolute atomic E-state index is 0.0475. The number of carbonyl (C=O) groups excluding carboxylic acids is 1. The molecule has 23 heavy (non-hydrogen) atoms. The van der Waals surface area contributed by atoms with Crippen molar-refractivity contribution in [3.05, 3.63) is 29.3 Å². The fourth-order valence-corrected chi connectivity index (χ4v) is 3.02. The molecule has 3 nitrogen and oxygen atoms in total. The first-order valence-corrected chi connectivity index (χ1v) is 8.70. The third-order valence-corrected chi connectivity index (χ3v) is 4.54. The molecule has 0 bridgehead atoms. The minimum Gasteiger partial charge on any atom is -0.493 e. The molecule has 1 fully saturated rings. The molecule has 0 aliphatic heterocycles. The average molecular weight is 318 g/mol. The van der Waals surface area contributed by atoms with Gasteiger partial charge in [-0.25, -0.2) is 0 Å². The average Bonchev–Trinajstić information content (AvgIpc) is 3.29. The van der Waals surface area contributed by atoms with E-state index in [1.807, 2.05) is 0 Å². The van der Waals surface area contributed by atoms with Gasteiger partial charge in [-0.05, 0) is 54.2 Å². The van der Waals surface area contributed by atoms with Crippen molar-refractivity contribution < 1.29 is 14.3 Å². The molecule has 1 aliphatic carbocycles. The van der Waals surface area contributed by atoms with E-state index >= 15 is 0 Å². The van der Waals surface area contributed by atoms with Crippen LogP contribution in [0.3, 0.4) is 0 Å².